The van der Waals surface area contributed by atoms with Gasteiger partial charge in [0.15, 0.2) is 0 Å². The summed E-state index contributed by atoms with van der Waals surface area (Å²) in [4.78, 5) is 14.1. The third kappa shape index (κ3) is 2.98. The van der Waals surface area contributed by atoms with Crippen LogP contribution in [0.25, 0.3) is 0 Å². The fourth-order valence-corrected chi connectivity index (χ4v) is 2.32. The first kappa shape index (κ1) is 12.8. The first-order valence-electron chi connectivity index (χ1n) is 6.28. The molecule has 1 saturated heterocycles. The van der Waals surface area contributed by atoms with Crippen molar-refractivity contribution < 1.29 is 4.92 Å². The first-order chi connectivity index (χ1) is 8.68. The zero-order valence-corrected chi connectivity index (χ0v) is 10.6. The maximum absolute atomic E-state index is 10.8. The highest BCUT2D eigenvalue weighted by Crippen LogP contribution is 2.21. The van der Waals surface area contributed by atoms with E-state index in [1.165, 1.54) is 19.2 Å². The highest BCUT2D eigenvalue weighted by molar-refractivity contribution is 5.51. The molecule has 0 radical (unpaired) electrons. The minimum absolute atomic E-state index is 0.0979. The van der Waals surface area contributed by atoms with E-state index in [0.717, 1.165) is 26.1 Å². The Morgan fingerprint density at radius 3 is 3.22 bits per heavy atom. The van der Waals surface area contributed by atoms with Crippen LogP contribution in [-0.2, 0) is 7.05 Å². The quantitative estimate of drug-likeness (QED) is 0.607. The molecular formula is C11H19N5O2. The number of piperidine rings is 1. The summed E-state index contributed by atoms with van der Waals surface area (Å²) in [5, 5.41) is 17.3. The van der Waals surface area contributed by atoms with Crippen molar-refractivity contribution in [2.45, 2.75) is 19.3 Å². The second-order valence-corrected chi connectivity index (χ2v) is 4.71. The number of hydrogen-bond donors (Lipinski definition) is 2. The molecule has 0 aromatic carbocycles. The lowest BCUT2D eigenvalue weighted by molar-refractivity contribution is -0.388. The molecule has 7 heteroatoms. The number of rotatable bonds is 5. The number of imidazole rings is 1. The van der Waals surface area contributed by atoms with E-state index in [0.29, 0.717) is 11.7 Å². The van der Waals surface area contributed by atoms with E-state index in [9.17, 15) is 10.1 Å². The Labute approximate surface area is 106 Å². The van der Waals surface area contributed by atoms with Crippen LogP contribution >= 0.6 is 0 Å². The zero-order valence-electron chi connectivity index (χ0n) is 10.6. The topological polar surface area (TPSA) is 85.0 Å². The summed E-state index contributed by atoms with van der Waals surface area (Å²) in [5.41, 5.74) is 0. The molecule has 1 aliphatic heterocycles. The summed E-state index contributed by atoms with van der Waals surface area (Å²) >= 11 is 0. The summed E-state index contributed by atoms with van der Waals surface area (Å²) in [7, 11) is 1.75. The minimum atomic E-state index is -0.454. The molecular weight excluding hydrogens is 234 g/mol. The Balaban J connectivity index is 1.85. The molecule has 2 N–H and O–H groups in total. The Bertz CT molecular complexity index is 412. The number of anilines is 1. The van der Waals surface area contributed by atoms with E-state index < -0.39 is 4.92 Å². The van der Waals surface area contributed by atoms with Crippen LogP contribution in [0.1, 0.15) is 19.3 Å². The van der Waals surface area contributed by atoms with E-state index in [-0.39, 0.29) is 5.82 Å². The Morgan fingerprint density at radius 1 is 1.72 bits per heavy atom. The number of aromatic nitrogens is 2. The van der Waals surface area contributed by atoms with E-state index in [4.69, 9.17) is 0 Å². The average molecular weight is 253 g/mol. The van der Waals surface area contributed by atoms with Gasteiger partial charge in [-0.15, -0.1) is 0 Å². The molecule has 1 aromatic heterocycles. The Hall–Kier alpha value is -1.63. The van der Waals surface area contributed by atoms with Crippen LogP contribution in [0.3, 0.4) is 0 Å². The molecule has 0 saturated carbocycles. The van der Waals surface area contributed by atoms with Crippen LogP contribution in [0.15, 0.2) is 6.33 Å². The maximum atomic E-state index is 10.8. The molecule has 0 bridgehead atoms. The van der Waals surface area contributed by atoms with Gasteiger partial charge in [-0.2, -0.15) is 0 Å². The van der Waals surface area contributed by atoms with Crippen molar-refractivity contribution in [2.75, 3.05) is 25.0 Å². The van der Waals surface area contributed by atoms with Crippen LogP contribution in [0.5, 0.6) is 0 Å². The molecule has 0 amide bonds. The van der Waals surface area contributed by atoms with Gasteiger partial charge in [0.2, 0.25) is 12.1 Å². The van der Waals surface area contributed by atoms with Crippen molar-refractivity contribution in [1.82, 2.24) is 14.9 Å². The van der Waals surface area contributed by atoms with E-state index in [2.05, 4.69) is 15.6 Å². The lowest BCUT2D eigenvalue weighted by Crippen LogP contribution is -2.30. The number of nitrogens with one attached hydrogen (secondary N) is 2. The molecule has 2 rings (SSSR count). The molecule has 1 aromatic rings. The summed E-state index contributed by atoms with van der Waals surface area (Å²) in [6.45, 7) is 2.90. The molecule has 7 nitrogen and oxygen atoms in total. The predicted molar refractivity (Wildman–Crippen MR) is 68.6 cm³/mol. The second kappa shape index (κ2) is 5.81. The van der Waals surface area contributed by atoms with Gasteiger partial charge in [-0.25, -0.2) is 0 Å². The lowest BCUT2D eigenvalue weighted by Gasteiger charge is -2.22. The molecule has 0 aliphatic carbocycles. The SMILES string of the molecule is Cn1cnc([N+](=O)[O-])c1NCCC1CCCNC1. The van der Waals surface area contributed by atoms with Crippen molar-refractivity contribution in [3.05, 3.63) is 16.4 Å². The van der Waals surface area contributed by atoms with Gasteiger partial charge in [-0.1, -0.05) is 0 Å². The largest absolute Gasteiger partial charge is 0.406 e. The monoisotopic (exact) mass is 253 g/mol. The van der Waals surface area contributed by atoms with Crippen LogP contribution in [0.4, 0.5) is 11.6 Å². The van der Waals surface area contributed by atoms with Crippen molar-refractivity contribution in [1.29, 1.82) is 0 Å². The van der Waals surface area contributed by atoms with E-state index >= 15 is 0 Å². The standard InChI is InChI=1S/C11H19N5O2/c1-15-8-14-11(16(17)18)10(15)13-6-4-9-3-2-5-12-7-9/h8-9,12-13H,2-7H2,1H3. The number of hydrogen-bond acceptors (Lipinski definition) is 5. The molecule has 18 heavy (non-hydrogen) atoms. The van der Waals surface area contributed by atoms with Crippen molar-refractivity contribution in [2.24, 2.45) is 13.0 Å². The molecule has 1 atom stereocenters. The first-order valence-corrected chi connectivity index (χ1v) is 6.28. The number of aryl methyl sites for hydroxylation is 1. The summed E-state index contributed by atoms with van der Waals surface area (Å²) in [6, 6.07) is 0. The van der Waals surface area contributed by atoms with Gasteiger partial charge in [-0.3, -0.25) is 4.57 Å². The highest BCUT2D eigenvalue weighted by atomic mass is 16.6. The van der Waals surface area contributed by atoms with E-state index in [1.807, 2.05) is 0 Å². The second-order valence-electron chi connectivity index (χ2n) is 4.71. The van der Waals surface area contributed by atoms with Gasteiger partial charge in [0, 0.05) is 13.6 Å². The van der Waals surface area contributed by atoms with E-state index in [1.54, 1.807) is 11.6 Å². The smallest absolute Gasteiger partial charge is 0.364 e. The molecule has 2 heterocycles. The highest BCUT2D eigenvalue weighted by Gasteiger charge is 2.20. The third-order valence-electron chi connectivity index (χ3n) is 3.33. The van der Waals surface area contributed by atoms with Crippen molar-refractivity contribution >= 4 is 11.6 Å². The van der Waals surface area contributed by atoms with Gasteiger partial charge in [0.25, 0.3) is 0 Å². The molecule has 1 unspecified atom stereocenters. The fraction of sp³-hybridized carbons (Fsp3) is 0.727. The zero-order chi connectivity index (χ0) is 13.0. The molecule has 0 spiro atoms. The minimum Gasteiger partial charge on any atom is -0.364 e. The van der Waals surface area contributed by atoms with Gasteiger partial charge >= 0.3 is 5.82 Å². The van der Waals surface area contributed by atoms with Crippen LogP contribution in [-0.4, -0.2) is 34.1 Å². The van der Waals surface area contributed by atoms with Gasteiger partial charge < -0.3 is 20.7 Å². The summed E-state index contributed by atoms with van der Waals surface area (Å²) in [6.07, 6.45) is 4.94. The van der Waals surface area contributed by atoms with Gasteiger partial charge in [-0.05, 0) is 48.2 Å². The Kier molecular flexibility index (Phi) is 4.14. The lowest BCUT2D eigenvalue weighted by atomic mass is 9.96. The van der Waals surface area contributed by atoms with Crippen LogP contribution < -0.4 is 10.6 Å². The number of nitrogens with zero attached hydrogens (tertiary/aromatic N) is 3. The summed E-state index contributed by atoms with van der Waals surface area (Å²) < 4.78 is 1.65. The van der Waals surface area contributed by atoms with Crippen molar-refractivity contribution in [3.8, 4) is 0 Å². The molecule has 100 valence electrons. The Morgan fingerprint density at radius 2 is 2.56 bits per heavy atom. The predicted octanol–water partition coefficient (Wildman–Crippen LogP) is 1.13. The summed E-state index contributed by atoms with van der Waals surface area (Å²) in [5.74, 6) is 1.06. The molecule has 1 aliphatic rings. The van der Waals surface area contributed by atoms with Crippen LogP contribution in [0.2, 0.25) is 0 Å². The molecule has 1 fully saturated rings. The number of nitro groups is 1. The third-order valence-corrected chi connectivity index (χ3v) is 3.33. The maximum Gasteiger partial charge on any atom is 0.406 e. The average Bonchev–Trinajstić information content (AvgIpc) is 2.73. The normalized spacial score (nSPS) is 19.7. The van der Waals surface area contributed by atoms with Crippen molar-refractivity contribution in [3.63, 3.8) is 0 Å². The van der Waals surface area contributed by atoms with Crippen LogP contribution in [0, 0.1) is 16.0 Å². The fourth-order valence-electron chi connectivity index (χ4n) is 2.32. The van der Waals surface area contributed by atoms with Gasteiger partial charge in [0.05, 0.1) is 0 Å². The van der Waals surface area contributed by atoms with Gasteiger partial charge in [0.1, 0.15) is 0 Å².